The first kappa shape index (κ1) is 23.7. The molecular weight excluding hydrogens is 428 g/mol. The smallest absolute Gasteiger partial charge is 0.270 e. The van der Waals surface area contributed by atoms with Crippen LogP contribution in [-0.4, -0.2) is 16.5 Å². The first-order valence-corrected chi connectivity index (χ1v) is 11.5. The van der Waals surface area contributed by atoms with Crippen molar-refractivity contribution in [3.8, 4) is 11.3 Å². The van der Waals surface area contributed by atoms with Crippen LogP contribution in [0.3, 0.4) is 0 Å². The van der Waals surface area contributed by atoms with Crippen molar-refractivity contribution in [2.45, 2.75) is 46.0 Å². The molecule has 3 rings (SSSR count). The number of aromatic nitrogens is 2. The van der Waals surface area contributed by atoms with Crippen molar-refractivity contribution in [3.63, 3.8) is 0 Å². The largest absolute Gasteiger partial charge is 0.396 e. The van der Waals surface area contributed by atoms with Crippen molar-refractivity contribution >= 4 is 28.0 Å². The minimum atomic E-state index is -2.93. The summed E-state index contributed by atoms with van der Waals surface area (Å²) < 4.78 is 27.7. The molecule has 0 bridgehead atoms. The Balaban J connectivity index is 1.96. The average molecular weight is 458 g/mol. The second-order valence-corrected chi connectivity index (χ2v) is 8.66. The van der Waals surface area contributed by atoms with E-state index >= 15 is 0 Å². The van der Waals surface area contributed by atoms with Crippen LogP contribution in [0.25, 0.3) is 11.3 Å². The van der Waals surface area contributed by atoms with Gasteiger partial charge in [0.05, 0.1) is 17.1 Å². The summed E-state index contributed by atoms with van der Waals surface area (Å²) in [5.41, 5.74) is 8.83. The average Bonchev–Trinajstić information content (AvgIpc) is 3.16. The fourth-order valence-corrected chi connectivity index (χ4v) is 3.99. The minimum absolute atomic E-state index is 0.0554. The molecule has 3 aromatic rings. The van der Waals surface area contributed by atoms with Gasteiger partial charge < -0.3 is 16.0 Å². The van der Waals surface area contributed by atoms with Gasteiger partial charge in [-0.25, -0.2) is 18.7 Å². The minimum Gasteiger partial charge on any atom is -0.396 e. The number of nitrogens with two attached hydrogens (primary N) is 1. The Bertz CT molecular complexity index is 1070. The number of nitrogen functional groups attached to an aromatic ring is 1. The van der Waals surface area contributed by atoms with Crippen LogP contribution in [0.1, 0.15) is 44.4 Å². The molecule has 170 valence electrons. The Hall–Kier alpha value is -3.00. The maximum absolute atomic E-state index is 13.8. The number of aryl methyl sites for hydroxylation is 1. The van der Waals surface area contributed by atoms with Crippen LogP contribution in [-0.2, 0) is 5.92 Å². The van der Waals surface area contributed by atoms with Crippen molar-refractivity contribution in [2.24, 2.45) is 0 Å². The molecule has 0 fully saturated rings. The molecule has 0 radical (unpaired) electrons. The molecular formula is C24H29F2N5S. The zero-order valence-electron chi connectivity index (χ0n) is 18.7. The van der Waals surface area contributed by atoms with Crippen LogP contribution in [0, 0.1) is 6.92 Å². The maximum atomic E-state index is 13.8. The highest BCUT2D eigenvalue weighted by molar-refractivity contribution is 7.13. The zero-order valence-corrected chi connectivity index (χ0v) is 19.5. The monoisotopic (exact) mass is 457 g/mol. The Labute approximate surface area is 192 Å². The van der Waals surface area contributed by atoms with E-state index in [9.17, 15) is 8.78 Å². The van der Waals surface area contributed by atoms with Gasteiger partial charge in [-0.2, -0.15) is 0 Å². The third-order valence-electron chi connectivity index (χ3n) is 5.01. The van der Waals surface area contributed by atoms with Gasteiger partial charge in [-0.3, -0.25) is 0 Å². The van der Waals surface area contributed by atoms with Crippen molar-refractivity contribution in [2.75, 3.05) is 22.5 Å². The summed E-state index contributed by atoms with van der Waals surface area (Å²) in [6, 6.07) is 9.77. The number of rotatable bonds is 10. The fourth-order valence-electron chi connectivity index (χ4n) is 3.28. The molecule has 0 atom stereocenters. The lowest BCUT2D eigenvalue weighted by Crippen LogP contribution is -2.29. The van der Waals surface area contributed by atoms with Crippen molar-refractivity contribution in [3.05, 3.63) is 65.4 Å². The van der Waals surface area contributed by atoms with Gasteiger partial charge in [0.2, 0.25) is 0 Å². The molecule has 0 spiro atoms. The van der Waals surface area contributed by atoms with Crippen LogP contribution >= 0.6 is 11.3 Å². The second-order valence-electron chi connectivity index (χ2n) is 7.80. The Morgan fingerprint density at radius 3 is 2.66 bits per heavy atom. The van der Waals surface area contributed by atoms with Gasteiger partial charge in [0.15, 0.2) is 10.9 Å². The third-order valence-corrected chi connectivity index (χ3v) is 5.88. The van der Waals surface area contributed by atoms with Gasteiger partial charge in [-0.15, -0.1) is 11.3 Å². The van der Waals surface area contributed by atoms with E-state index in [-0.39, 0.29) is 5.56 Å². The van der Waals surface area contributed by atoms with E-state index in [4.69, 9.17) is 10.7 Å². The normalized spacial score (nSPS) is 11.4. The molecule has 0 unspecified atom stereocenters. The van der Waals surface area contributed by atoms with Crippen molar-refractivity contribution in [1.82, 2.24) is 9.97 Å². The number of anilines is 3. The number of hydrogen-bond acceptors (Lipinski definition) is 6. The molecule has 8 heteroatoms. The number of thiazole rings is 1. The molecule has 0 aliphatic carbocycles. The zero-order chi connectivity index (χ0) is 23.3. The molecule has 0 saturated heterocycles. The highest BCUT2D eigenvalue weighted by Crippen LogP contribution is 2.33. The summed E-state index contributed by atoms with van der Waals surface area (Å²) in [6.45, 7) is 9.81. The van der Waals surface area contributed by atoms with Crippen LogP contribution in [0.15, 0.2) is 54.2 Å². The van der Waals surface area contributed by atoms with E-state index in [0.29, 0.717) is 35.1 Å². The number of nitrogens with zero attached hydrogens (tertiary/aromatic N) is 3. The van der Waals surface area contributed by atoms with Gasteiger partial charge in [0, 0.05) is 30.0 Å². The number of halogens is 2. The summed E-state index contributed by atoms with van der Waals surface area (Å²) in [4.78, 5) is 11.1. The maximum Gasteiger partial charge on any atom is 0.270 e. The SMILES string of the molecule is C=C(Nc1nc(C)cs1)N(CCCCC)c1nc(-c2cccc(C(C)(F)F)c2)ccc1N. The van der Waals surface area contributed by atoms with Crippen molar-refractivity contribution < 1.29 is 8.78 Å². The molecule has 3 N–H and O–H groups in total. The van der Waals surface area contributed by atoms with Gasteiger partial charge in [-0.05, 0) is 31.5 Å². The summed E-state index contributed by atoms with van der Waals surface area (Å²) in [7, 11) is 0. The molecule has 2 heterocycles. The quantitative estimate of drug-likeness (QED) is 0.328. The van der Waals surface area contributed by atoms with Crippen LogP contribution in [0.4, 0.5) is 25.4 Å². The second kappa shape index (κ2) is 10.1. The molecule has 32 heavy (non-hydrogen) atoms. The number of unbranched alkanes of at least 4 members (excludes halogenated alkanes) is 2. The molecule has 0 saturated carbocycles. The lowest BCUT2D eigenvalue weighted by atomic mass is 10.0. The van der Waals surface area contributed by atoms with E-state index in [0.717, 1.165) is 37.0 Å². The summed E-state index contributed by atoms with van der Waals surface area (Å²) >= 11 is 1.49. The molecule has 5 nitrogen and oxygen atoms in total. The van der Waals surface area contributed by atoms with Gasteiger partial charge >= 0.3 is 0 Å². The number of nitrogens with one attached hydrogen (secondary N) is 1. The first-order valence-electron chi connectivity index (χ1n) is 10.6. The molecule has 2 aromatic heterocycles. The Kier molecular flexibility index (Phi) is 7.45. The molecule has 0 aliphatic heterocycles. The lowest BCUT2D eigenvalue weighted by molar-refractivity contribution is 0.0175. The predicted octanol–water partition coefficient (Wildman–Crippen LogP) is 6.79. The Morgan fingerprint density at radius 2 is 2.00 bits per heavy atom. The van der Waals surface area contributed by atoms with Crippen molar-refractivity contribution in [1.29, 1.82) is 0 Å². The third kappa shape index (κ3) is 5.82. The summed E-state index contributed by atoms with van der Waals surface area (Å²) in [5, 5.41) is 5.94. The highest BCUT2D eigenvalue weighted by Gasteiger charge is 2.25. The van der Waals surface area contributed by atoms with Gasteiger partial charge in [0.1, 0.15) is 5.82 Å². The topological polar surface area (TPSA) is 67.1 Å². The summed E-state index contributed by atoms with van der Waals surface area (Å²) in [6.07, 6.45) is 3.05. The van der Waals surface area contributed by atoms with E-state index < -0.39 is 5.92 Å². The highest BCUT2D eigenvalue weighted by atomic mass is 32.1. The number of hydrogen-bond donors (Lipinski definition) is 2. The van der Waals surface area contributed by atoms with E-state index in [2.05, 4.69) is 23.8 Å². The van der Waals surface area contributed by atoms with E-state index in [1.807, 2.05) is 17.2 Å². The predicted molar refractivity (Wildman–Crippen MR) is 130 cm³/mol. The van der Waals surface area contributed by atoms with Gasteiger partial charge in [-0.1, -0.05) is 44.5 Å². The summed E-state index contributed by atoms with van der Waals surface area (Å²) in [5.74, 6) is -1.78. The lowest BCUT2D eigenvalue weighted by Gasteiger charge is -2.27. The molecule has 0 amide bonds. The Morgan fingerprint density at radius 1 is 1.22 bits per heavy atom. The van der Waals surface area contributed by atoms with Crippen LogP contribution < -0.4 is 16.0 Å². The number of pyridine rings is 1. The number of benzene rings is 1. The van der Waals surface area contributed by atoms with Crippen LogP contribution in [0.2, 0.25) is 0 Å². The standard InChI is InChI=1S/C24H29F2N5S/c1-5-6-7-13-31(17(3)29-23-28-16(2)15-32-23)22-20(27)11-12-21(30-22)18-9-8-10-19(14-18)24(4,25)26/h8-12,14-15H,3,5-7,13,27H2,1-2,4H3,(H,28,29). The fraction of sp³-hybridized carbons (Fsp3) is 0.333. The first-order chi connectivity index (χ1) is 15.2. The van der Waals surface area contributed by atoms with E-state index in [1.54, 1.807) is 24.3 Å². The number of alkyl halides is 2. The van der Waals surface area contributed by atoms with Crippen LogP contribution in [0.5, 0.6) is 0 Å². The molecule has 1 aromatic carbocycles. The van der Waals surface area contributed by atoms with E-state index in [1.165, 1.54) is 23.5 Å². The van der Waals surface area contributed by atoms with Gasteiger partial charge in [0.25, 0.3) is 5.92 Å². The molecule has 0 aliphatic rings.